The van der Waals surface area contributed by atoms with Gasteiger partial charge in [0.1, 0.15) is 11.4 Å². The van der Waals surface area contributed by atoms with Gasteiger partial charge in [0.15, 0.2) is 0 Å². The van der Waals surface area contributed by atoms with Crippen molar-refractivity contribution in [3.63, 3.8) is 0 Å². The quantitative estimate of drug-likeness (QED) is 0.711. The number of nitrogens with zero attached hydrogens (tertiary/aromatic N) is 4. The number of aromatic nitrogens is 4. The zero-order chi connectivity index (χ0) is 13.9. The van der Waals surface area contributed by atoms with Crippen LogP contribution in [0.15, 0.2) is 49.1 Å². The molecule has 0 radical (unpaired) electrons. The highest BCUT2D eigenvalue weighted by Gasteiger charge is 2.04. The molecule has 2 heterocycles. The second kappa shape index (κ2) is 5.17. The highest BCUT2D eigenvalue weighted by Crippen LogP contribution is 2.18. The van der Waals surface area contributed by atoms with Crippen LogP contribution in [-0.2, 0) is 0 Å². The maximum Gasteiger partial charge on any atom is 0.109 e. The van der Waals surface area contributed by atoms with E-state index in [1.807, 2.05) is 19.1 Å². The van der Waals surface area contributed by atoms with Crippen molar-refractivity contribution in [1.29, 1.82) is 0 Å². The third kappa shape index (κ3) is 2.54. The Hall–Kier alpha value is -2.62. The Bertz CT molecular complexity index is 636. The van der Waals surface area contributed by atoms with E-state index in [-0.39, 0.29) is 0 Å². The van der Waals surface area contributed by atoms with Crippen LogP contribution in [0.1, 0.15) is 11.3 Å². The van der Waals surface area contributed by atoms with Crippen molar-refractivity contribution in [3.05, 3.63) is 60.3 Å². The first-order valence-electron chi connectivity index (χ1n) is 6.40. The smallest absolute Gasteiger partial charge is 0.109 e. The Balaban J connectivity index is 1.91. The van der Waals surface area contributed by atoms with Gasteiger partial charge in [0.05, 0.1) is 30.0 Å². The maximum atomic E-state index is 4.45. The summed E-state index contributed by atoms with van der Waals surface area (Å²) in [6, 6.07) is 8.22. The van der Waals surface area contributed by atoms with Crippen molar-refractivity contribution in [2.24, 2.45) is 0 Å². The number of benzene rings is 1. The molecule has 0 aliphatic carbocycles. The maximum absolute atomic E-state index is 4.45. The summed E-state index contributed by atoms with van der Waals surface area (Å²) < 4.78 is 0. The molecule has 4 nitrogen and oxygen atoms in total. The van der Waals surface area contributed by atoms with Crippen LogP contribution < -0.4 is 0 Å². The molecule has 3 rings (SSSR count). The van der Waals surface area contributed by atoms with Gasteiger partial charge in [-0.1, -0.05) is 29.8 Å². The normalized spacial score (nSPS) is 10.5. The summed E-state index contributed by atoms with van der Waals surface area (Å²) in [7, 11) is 0. The molecule has 0 N–H and O–H groups in total. The lowest BCUT2D eigenvalue weighted by Crippen LogP contribution is -1.93. The average molecular weight is 262 g/mol. The van der Waals surface area contributed by atoms with Crippen LogP contribution in [0, 0.1) is 13.8 Å². The van der Waals surface area contributed by atoms with Gasteiger partial charge in [0.2, 0.25) is 0 Å². The Morgan fingerprint density at radius 1 is 0.600 bits per heavy atom. The van der Waals surface area contributed by atoms with Gasteiger partial charge in [-0.3, -0.25) is 19.9 Å². The predicted octanol–water partition coefficient (Wildman–Crippen LogP) is 3.22. The molecule has 0 unspecified atom stereocenters. The molecular formula is C16H14N4. The van der Waals surface area contributed by atoms with Crippen LogP contribution in [0.4, 0.5) is 0 Å². The molecule has 0 saturated heterocycles. The van der Waals surface area contributed by atoms with Gasteiger partial charge in [-0.15, -0.1) is 0 Å². The minimum atomic E-state index is 0.730. The molecule has 0 spiro atoms. The van der Waals surface area contributed by atoms with Crippen molar-refractivity contribution >= 4 is 0 Å². The molecule has 0 aliphatic rings. The molecule has 0 fully saturated rings. The first kappa shape index (κ1) is 12.4. The summed E-state index contributed by atoms with van der Waals surface area (Å²) in [5, 5.41) is 0. The van der Waals surface area contributed by atoms with Gasteiger partial charge < -0.3 is 0 Å². The SMILES string of the molecule is Cc1ccc(-c2cnc(-c3cnc(C)cn3)cn2)cc1. The summed E-state index contributed by atoms with van der Waals surface area (Å²) in [6.45, 7) is 3.97. The van der Waals surface area contributed by atoms with Crippen molar-refractivity contribution < 1.29 is 0 Å². The summed E-state index contributed by atoms with van der Waals surface area (Å²) in [5.41, 5.74) is 5.50. The minimum absolute atomic E-state index is 0.730. The number of hydrogen-bond donors (Lipinski definition) is 0. The molecular weight excluding hydrogens is 248 g/mol. The number of rotatable bonds is 2. The molecule has 0 aliphatic heterocycles. The van der Waals surface area contributed by atoms with E-state index in [2.05, 4.69) is 39.0 Å². The molecule has 0 bridgehead atoms. The Morgan fingerprint density at radius 2 is 1.15 bits per heavy atom. The molecule has 2 aromatic heterocycles. The molecule has 0 amide bonds. The van der Waals surface area contributed by atoms with Gasteiger partial charge in [-0.2, -0.15) is 0 Å². The van der Waals surface area contributed by atoms with Crippen molar-refractivity contribution in [1.82, 2.24) is 19.9 Å². The van der Waals surface area contributed by atoms with E-state index in [1.165, 1.54) is 5.56 Å². The average Bonchev–Trinajstić information content (AvgIpc) is 2.49. The largest absolute Gasteiger partial charge is 0.258 e. The monoisotopic (exact) mass is 262 g/mol. The third-order valence-corrected chi connectivity index (χ3v) is 3.04. The fourth-order valence-electron chi connectivity index (χ4n) is 1.86. The molecule has 4 heteroatoms. The van der Waals surface area contributed by atoms with Crippen LogP contribution in [0.3, 0.4) is 0 Å². The van der Waals surface area contributed by atoms with E-state index in [9.17, 15) is 0 Å². The van der Waals surface area contributed by atoms with E-state index in [4.69, 9.17) is 0 Å². The lowest BCUT2D eigenvalue weighted by atomic mass is 10.1. The molecule has 0 saturated carbocycles. The van der Waals surface area contributed by atoms with Crippen molar-refractivity contribution in [2.75, 3.05) is 0 Å². The van der Waals surface area contributed by atoms with Crippen molar-refractivity contribution in [2.45, 2.75) is 13.8 Å². The summed E-state index contributed by atoms with van der Waals surface area (Å²) in [4.78, 5) is 17.4. The number of aryl methyl sites for hydroxylation is 2. The Morgan fingerprint density at radius 3 is 1.70 bits per heavy atom. The van der Waals surface area contributed by atoms with Gasteiger partial charge in [-0.25, -0.2) is 0 Å². The summed E-state index contributed by atoms with van der Waals surface area (Å²) >= 11 is 0. The Labute approximate surface area is 117 Å². The fourth-order valence-corrected chi connectivity index (χ4v) is 1.86. The third-order valence-electron chi connectivity index (χ3n) is 3.04. The topological polar surface area (TPSA) is 51.6 Å². The van der Waals surface area contributed by atoms with Crippen LogP contribution in [0.2, 0.25) is 0 Å². The van der Waals surface area contributed by atoms with Gasteiger partial charge in [-0.05, 0) is 13.8 Å². The first-order valence-corrected chi connectivity index (χ1v) is 6.40. The lowest BCUT2D eigenvalue weighted by Gasteiger charge is -2.03. The Kier molecular flexibility index (Phi) is 3.21. The standard InChI is InChI=1S/C16H14N4/c1-11-3-5-13(6-4-11)14-8-20-16(10-19-14)15-9-17-12(2)7-18-15/h3-10H,1-2H3. The van der Waals surface area contributed by atoms with Gasteiger partial charge in [0, 0.05) is 11.8 Å². The highest BCUT2D eigenvalue weighted by molar-refractivity contribution is 5.60. The van der Waals surface area contributed by atoms with Gasteiger partial charge >= 0.3 is 0 Å². The first-order chi connectivity index (χ1) is 9.72. The van der Waals surface area contributed by atoms with Crippen LogP contribution in [0.5, 0.6) is 0 Å². The molecule has 0 atom stereocenters. The highest BCUT2D eigenvalue weighted by atomic mass is 14.9. The molecule has 20 heavy (non-hydrogen) atoms. The minimum Gasteiger partial charge on any atom is -0.258 e. The van der Waals surface area contributed by atoms with Gasteiger partial charge in [0.25, 0.3) is 0 Å². The van der Waals surface area contributed by atoms with E-state index >= 15 is 0 Å². The molecule has 1 aromatic carbocycles. The zero-order valence-corrected chi connectivity index (χ0v) is 11.4. The van der Waals surface area contributed by atoms with Crippen LogP contribution in [0.25, 0.3) is 22.6 Å². The van der Waals surface area contributed by atoms with E-state index < -0.39 is 0 Å². The molecule has 98 valence electrons. The lowest BCUT2D eigenvalue weighted by molar-refractivity contribution is 1.10. The van der Waals surface area contributed by atoms with Crippen molar-refractivity contribution in [3.8, 4) is 22.6 Å². The number of hydrogen-bond acceptors (Lipinski definition) is 4. The second-order valence-electron chi connectivity index (χ2n) is 4.70. The fraction of sp³-hybridized carbons (Fsp3) is 0.125. The van der Waals surface area contributed by atoms with Crippen LogP contribution >= 0.6 is 0 Å². The predicted molar refractivity (Wildman–Crippen MR) is 78.0 cm³/mol. The second-order valence-corrected chi connectivity index (χ2v) is 4.70. The molecule has 3 aromatic rings. The van der Waals surface area contributed by atoms with E-state index in [1.54, 1.807) is 24.8 Å². The van der Waals surface area contributed by atoms with E-state index in [0.717, 1.165) is 28.3 Å². The zero-order valence-electron chi connectivity index (χ0n) is 11.4. The van der Waals surface area contributed by atoms with E-state index in [0.29, 0.717) is 0 Å². The summed E-state index contributed by atoms with van der Waals surface area (Å²) in [6.07, 6.45) is 6.94. The van der Waals surface area contributed by atoms with Crippen LogP contribution in [-0.4, -0.2) is 19.9 Å². The summed E-state index contributed by atoms with van der Waals surface area (Å²) in [5.74, 6) is 0.